The van der Waals surface area contributed by atoms with E-state index in [9.17, 15) is 15.0 Å². The molecule has 0 saturated carbocycles. The molecule has 1 unspecified atom stereocenters. The summed E-state index contributed by atoms with van der Waals surface area (Å²) in [5.74, 6) is 4.63. The van der Waals surface area contributed by atoms with E-state index in [0.717, 1.165) is 16.7 Å². The molecule has 1 atom stereocenters. The van der Waals surface area contributed by atoms with E-state index in [0.29, 0.717) is 11.1 Å². The molecule has 0 aliphatic carbocycles. The molecule has 0 heterocycles. The second-order valence-corrected chi connectivity index (χ2v) is 8.13. The molecular weight excluding hydrogens is 376 g/mol. The number of aromatic carboxylic acids is 1. The Hall–Kier alpha value is -3.55. The second kappa shape index (κ2) is 8.44. The van der Waals surface area contributed by atoms with Gasteiger partial charge in [-0.15, -0.1) is 0 Å². The molecule has 3 aromatic rings. The third-order valence-electron chi connectivity index (χ3n) is 4.83. The maximum Gasteiger partial charge on any atom is 0.335 e. The predicted octanol–water partition coefficient (Wildman–Crippen LogP) is 5.14. The summed E-state index contributed by atoms with van der Waals surface area (Å²) in [6.45, 7) is 6.01. The molecule has 0 aliphatic heterocycles. The average molecular weight is 400 g/mol. The van der Waals surface area contributed by atoms with Crippen LogP contribution in [0.25, 0.3) is 11.1 Å². The molecule has 0 saturated heterocycles. The fraction of sp³-hybridized carbons (Fsp3) is 0.192. The summed E-state index contributed by atoms with van der Waals surface area (Å²) in [6, 6.07) is 19.6. The van der Waals surface area contributed by atoms with Crippen molar-refractivity contribution in [3.05, 3.63) is 89.0 Å². The van der Waals surface area contributed by atoms with Crippen LogP contribution >= 0.6 is 0 Å². The highest BCUT2D eigenvalue weighted by atomic mass is 16.4. The quantitative estimate of drug-likeness (QED) is 0.532. The molecule has 0 bridgehead atoms. The lowest BCUT2D eigenvalue weighted by Gasteiger charge is -2.24. The number of benzene rings is 3. The summed E-state index contributed by atoms with van der Waals surface area (Å²) < 4.78 is 0. The van der Waals surface area contributed by atoms with Crippen molar-refractivity contribution in [1.29, 1.82) is 0 Å². The lowest BCUT2D eigenvalue weighted by molar-refractivity contribution is 0.0697. The van der Waals surface area contributed by atoms with Gasteiger partial charge in [0.15, 0.2) is 0 Å². The molecule has 30 heavy (non-hydrogen) atoms. The third-order valence-corrected chi connectivity index (χ3v) is 4.83. The SMILES string of the molecule is CC(C)(C)c1cc(-c2ccccc2)cc(C(O)C#Cc2ccc(C(=O)O)cc2)c1O. The number of aliphatic hydroxyl groups is 1. The molecule has 4 heteroatoms. The van der Waals surface area contributed by atoms with Crippen LogP contribution in [0.2, 0.25) is 0 Å². The van der Waals surface area contributed by atoms with Crippen LogP contribution < -0.4 is 0 Å². The largest absolute Gasteiger partial charge is 0.507 e. The minimum Gasteiger partial charge on any atom is -0.507 e. The summed E-state index contributed by atoms with van der Waals surface area (Å²) >= 11 is 0. The molecular formula is C26H24O4. The number of carboxylic acid groups (broad SMARTS) is 1. The maximum absolute atomic E-state index is 11.0. The maximum atomic E-state index is 11.0. The Bertz CT molecular complexity index is 1110. The highest BCUT2D eigenvalue weighted by Gasteiger charge is 2.24. The van der Waals surface area contributed by atoms with E-state index in [2.05, 4.69) is 11.8 Å². The molecule has 4 nitrogen and oxygen atoms in total. The second-order valence-electron chi connectivity index (χ2n) is 8.13. The summed E-state index contributed by atoms with van der Waals surface area (Å²) in [4.78, 5) is 11.0. The fourth-order valence-electron chi connectivity index (χ4n) is 3.16. The number of hydrogen-bond acceptors (Lipinski definition) is 3. The van der Waals surface area contributed by atoms with Gasteiger partial charge in [-0.25, -0.2) is 4.79 Å². The van der Waals surface area contributed by atoms with Gasteiger partial charge < -0.3 is 15.3 Å². The van der Waals surface area contributed by atoms with Gasteiger partial charge in [0.2, 0.25) is 0 Å². The molecule has 0 amide bonds. The minimum absolute atomic E-state index is 0.0326. The number of carbonyl (C=O) groups is 1. The van der Waals surface area contributed by atoms with Crippen molar-refractivity contribution in [1.82, 2.24) is 0 Å². The van der Waals surface area contributed by atoms with Crippen LogP contribution in [0.15, 0.2) is 66.7 Å². The van der Waals surface area contributed by atoms with Gasteiger partial charge in [-0.05, 0) is 52.9 Å². The topological polar surface area (TPSA) is 77.8 Å². The number of rotatable bonds is 3. The summed E-state index contributed by atoms with van der Waals surface area (Å²) in [7, 11) is 0. The third kappa shape index (κ3) is 4.71. The van der Waals surface area contributed by atoms with Crippen molar-refractivity contribution in [2.24, 2.45) is 0 Å². The van der Waals surface area contributed by atoms with Gasteiger partial charge >= 0.3 is 5.97 Å². The van der Waals surface area contributed by atoms with Gasteiger partial charge in [0.1, 0.15) is 11.9 Å². The van der Waals surface area contributed by atoms with Gasteiger partial charge in [-0.2, -0.15) is 0 Å². The predicted molar refractivity (Wildman–Crippen MR) is 117 cm³/mol. The zero-order valence-electron chi connectivity index (χ0n) is 17.2. The molecule has 0 aliphatic rings. The Balaban J connectivity index is 2.03. The first kappa shape index (κ1) is 21.2. The Morgan fingerprint density at radius 3 is 2.13 bits per heavy atom. The lowest BCUT2D eigenvalue weighted by atomic mass is 9.82. The number of phenols is 1. The van der Waals surface area contributed by atoms with Crippen molar-refractivity contribution in [3.8, 4) is 28.7 Å². The number of aliphatic hydroxyl groups excluding tert-OH is 1. The molecule has 3 rings (SSSR count). The van der Waals surface area contributed by atoms with E-state index >= 15 is 0 Å². The summed E-state index contributed by atoms with van der Waals surface area (Å²) in [6.07, 6.45) is -1.20. The van der Waals surface area contributed by atoms with Crippen LogP contribution in [-0.2, 0) is 5.41 Å². The number of hydrogen-bond donors (Lipinski definition) is 3. The van der Waals surface area contributed by atoms with Gasteiger partial charge in [-0.1, -0.05) is 62.9 Å². The smallest absolute Gasteiger partial charge is 0.335 e. The Kier molecular flexibility index (Phi) is 5.96. The van der Waals surface area contributed by atoms with Crippen LogP contribution in [0.5, 0.6) is 5.75 Å². The zero-order valence-corrected chi connectivity index (χ0v) is 17.2. The van der Waals surface area contributed by atoms with Gasteiger partial charge in [0.05, 0.1) is 5.56 Å². The monoisotopic (exact) mass is 400 g/mol. The van der Waals surface area contributed by atoms with E-state index in [1.54, 1.807) is 18.2 Å². The lowest BCUT2D eigenvalue weighted by Crippen LogP contribution is -2.13. The highest BCUT2D eigenvalue weighted by Crippen LogP contribution is 2.39. The Morgan fingerprint density at radius 1 is 0.933 bits per heavy atom. The van der Waals surface area contributed by atoms with Crippen LogP contribution in [0, 0.1) is 11.8 Å². The fourth-order valence-corrected chi connectivity index (χ4v) is 3.16. The first-order valence-electron chi connectivity index (χ1n) is 9.62. The number of carboxylic acids is 1. The van der Waals surface area contributed by atoms with E-state index in [1.807, 2.05) is 57.2 Å². The molecule has 0 fully saturated rings. The van der Waals surface area contributed by atoms with Crippen LogP contribution in [0.1, 0.15) is 53.9 Å². The zero-order chi connectivity index (χ0) is 21.9. The van der Waals surface area contributed by atoms with Gasteiger partial charge in [0.25, 0.3) is 0 Å². The van der Waals surface area contributed by atoms with E-state index in [1.165, 1.54) is 12.1 Å². The first-order valence-corrected chi connectivity index (χ1v) is 9.62. The van der Waals surface area contributed by atoms with Crippen LogP contribution in [0.4, 0.5) is 0 Å². The molecule has 152 valence electrons. The Labute approximate surface area is 176 Å². The molecule has 0 radical (unpaired) electrons. The average Bonchev–Trinajstić information content (AvgIpc) is 2.72. The standard InChI is InChI=1S/C26H24O4/c1-26(2,3)22-16-20(18-7-5-4-6-8-18)15-21(24(22)28)23(27)14-11-17-9-12-19(13-10-17)25(29)30/h4-10,12-13,15-16,23,27-28H,1-3H3,(H,29,30). The van der Waals surface area contributed by atoms with E-state index in [4.69, 9.17) is 5.11 Å². The minimum atomic E-state index is -1.20. The Morgan fingerprint density at radius 2 is 1.57 bits per heavy atom. The van der Waals surface area contributed by atoms with E-state index in [-0.39, 0.29) is 16.7 Å². The van der Waals surface area contributed by atoms with Crippen molar-refractivity contribution >= 4 is 5.97 Å². The molecule has 3 aromatic carbocycles. The highest BCUT2D eigenvalue weighted by molar-refractivity contribution is 5.87. The van der Waals surface area contributed by atoms with Crippen molar-refractivity contribution in [2.75, 3.05) is 0 Å². The van der Waals surface area contributed by atoms with Gasteiger partial charge in [-0.3, -0.25) is 0 Å². The summed E-state index contributed by atoms with van der Waals surface area (Å²) in [5, 5.41) is 30.6. The molecule has 3 N–H and O–H groups in total. The van der Waals surface area contributed by atoms with E-state index < -0.39 is 12.1 Å². The molecule has 0 spiro atoms. The van der Waals surface area contributed by atoms with Crippen molar-refractivity contribution < 1.29 is 20.1 Å². The normalized spacial score (nSPS) is 12.0. The summed E-state index contributed by atoms with van der Waals surface area (Å²) in [5.41, 5.74) is 3.36. The first-order chi connectivity index (χ1) is 14.2. The van der Waals surface area contributed by atoms with Crippen LogP contribution in [0.3, 0.4) is 0 Å². The van der Waals surface area contributed by atoms with Gasteiger partial charge in [0, 0.05) is 16.7 Å². The molecule has 0 aromatic heterocycles. The van der Waals surface area contributed by atoms with Crippen LogP contribution in [-0.4, -0.2) is 21.3 Å². The number of aromatic hydroxyl groups is 1. The van der Waals surface area contributed by atoms with Crippen molar-refractivity contribution in [2.45, 2.75) is 32.3 Å². The number of phenolic OH excluding ortho intramolecular Hbond substituents is 1. The van der Waals surface area contributed by atoms with Crippen molar-refractivity contribution in [3.63, 3.8) is 0 Å².